The average Bonchev–Trinajstić information content (AvgIpc) is 3.34. The van der Waals surface area contributed by atoms with Gasteiger partial charge in [-0.3, -0.25) is 4.79 Å². The van der Waals surface area contributed by atoms with Gasteiger partial charge in [-0.05, 0) is 42.7 Å². The molecule has 4 rings (SSSR count). The molecule has 1 saturated heterocycles. The van der Waals surface area contributed by atoms with Crippen molar-refractivity contribution in [2.45, 2.75) is 32.2 Å². The third kappa shape index (κ3) is 3.87. The number of H-pyrrole nitrogens is 1. The molecule has 0 atom stereocenters. The first kappa shape index (κ1) is 16.6. The molecule has 2 aromatic carbocycles. The Balaban J connectivity index is 1.25. The minimum absolute atomic E-state index is 0.0501. The predicted octanol–water partition coefficient (Wildman–Crippen LogP) is 3.41. The molecule has 2 N–H and O–H groups in total. The first-order valence-corrected chi connectivity index (χ1v) is 9.32. The van der Waals surface area contributed by atoms with Crippen LogP contribution in [0.4, 0.5) is 5.69 Å². The van der Waals surface area contributed by atoms with Crippen LogP contribution in [0.5, 0.6) is 0 Å². The lowest BCUT2D eigenvalue weighted by molar-refractivity contribution is -0.121. The van der Waals surface area contributed by atoms with E-state index in [1.54, 1.807) is 0 Å². The number of nitrogens with zero attached hydrogens (tertiary/aromatic N) is 2. The minimum atomic E-state index is 0.0501. The van der Waals surface area contributed by atoms with Crippen molar-refractivity contribution in [2.24, 2.45) is 0 Å². The highest BCUT2D eigenvalue weighted by Crippen LogP contribution is 2.20. The van der Waals surface area contributed by atoms with Crippen LogP contribution >= 0.6 is 0 Å². The SMILES string of the molecule is O=C(CCc1nc2ccccc2[nH]1)NCc1ccc(N2CCCC2)cc1. The standard InChI is InChI=1S/C21H24N4O/c26-21(12-11-20-23-18-5-1-2-6-19(18)24-20)22-15-16-7-9-17(10-8-16)25-13-3-4-14-25/h1-2,5-10H,3-4,11-15H2,(H,22,26)(H,23,24). The van der Waals surface area contributed by atoms with Gasteiger partial charge in [0.1, 0.15) is 5.82 Å². The molecule has 5 nitrogen and oxygen atoms in total. The van der Waals surface area contributed by atoms with Crippen LogP contribution in [0, 0.1) is 0 Å². The summed E-state index contributed by atoms with van der Waals surface area (Å²) in [6, 6.07) is 16.4. The fourth-order valence-electron chi connectivity index (χ4n) is 3.44. The topological polar surface area (TPSA) is 61.0 Å². The van der Waals surface area contributed by atoms with Crippen molar-refractivity contribution >= 4 is 22.6 Å². The van der Waals surface area contributed by atoms with Gasteiger partial charge >= 0.3 is 0 Å². The summed E-state index contributed by atoms with van der Waals surface area (Å²) in [5.41, 5.74) is 4.37. The van der Waals surface area contributed by atoms with Crippen molar-refractivity contribution in [1.82, 2.24) is 15.3 Å². The number of benzene rings is 2. The molecule has 0 unspecified atom stereocenters. The highest BCUT2D eigenvalue weighted by atomic mass is 16.1. The maximum absolute atomic E-state index is 12.1. The van der Waals surface area contributed by atoms with Crippen molar-refractivity contribution in [1.29, 1.82) is 0 Å². The second-order valence-electron chi connectivity index (χ2n) is 6.84. The zero-order valence-electron chi connectivity index (χ0n) is 14.9. The lowest BCUT2D eigenvalue weighted by Crippen LogP contribution is -2.23. The summed E-state index contributed by atoms with van der Waals surface area (Å²) < 4.78 is 0. The minimum Gasteiger partial charge on any atom is -0.372 e. The third-order valence-electron chi connectivity index (χ3n) is 4.92. The van der Waals surface area contributed by atoms with E-state index >= 15 is 0 Å². The summed E-state index contributed by atoms with van der Waals surface area (Å²) in [5.74, 6) is 0.908. The molecule has 134 valence electrons. The van der Waals surface area contributed by atoms with Crippen LogP contribution in [0.15, 0.2) is 48.5 Å². The van der Waals surface area contributed by atoms with Gasteiger partial charge in [-0.25, -0.2) is 4.98 Å². The Morgan fingerprint density at radius 3 is 2.62 bits per heavy atom. The predicted molar refractivity (Wildman–Crippen MR) is 104 cm³/mol. The number of hydrogen-bond donors (Lipinski definition) is 2. The number of hydrogen-bond acceptors (Lipinski definition) is 3. The van der Waals surface area contributed by atoms with E-state index in [1.807, 2.05) is 24.3 Å². The molecule has 1 aromatic heterocycles. The van der Waals surface area contributed by atoms with Gasteiger partial charge in [-0.2, -0.15) is 0 Å². The van der Waals surface area contributed by atoms with Gasteiger partial charge in [0.2, 0.25) is 5.91 Å². The van der Waals surface area contributed by atoms with Gasteiger partial charge in [0.15, 0.2) is 0 Å². The van der Waals surface area contributed by atoms with Crippen molar-refractivity contribution in [3.63, 3.8) is 0 Å². The van der Waals surface area contributed by atoms with E-state index in [0.717, 1.165) is 35.5 Å². The summed E-state index contributed by atoms with van der Waals surface area (Å²) in [6.07, 6.45) is 3.62. The van der Waals surface area contributed by atoms with Crippen molar-refractivity contribution in [2.75, 3.05) is 18.0 Å². The van der Waals surface area contributed by atoms with Gasteiger partial charge in [-0.15, -0.1) is 0 Å². The molecular weight excluding hydrogens is 324 g/mol. The molecule has 0 bridgehead atoms. The third-order valence-corrected chi connectivity index (χ3v) is 4.92. The number of amides is 1. The maximum atomic E-state index is 12.1. The van der Waals surface area contributed by atoms with E-state index in [4.69, 9.17) is 0 Å². The first-order chi connectivity index (χ1) is 12.8. The molecule has 2 heterocycles. The summed E-state index contributed by atoms with van der Waals surface area (Å²) in [7, 11) is 0. The molecule has 0 saturated carbocycles. The zero-order valence-corrected chi connectivity index (χ0v) is 14.9. The van der Waals surface area contributed by atoms with Gasteiger partial charge in [0, 0.05) is 38.2 Å². The summed E-state index contributed by atoms with van der Waals surface area (Å²) in [4.78, 5) is 22.3. The van der Waals surface area contributed by atoms with E-state index in [-0.39, 0.29) is 5.91 Å². The highest BCUT2D eigenvalue weighted by Gasteiger charge is 2.12. The molecule has 1 aliphatic heterocycles. The first-order valence-electron chi connectivity index (χ1n) is 9.32. The van der Waals surface area contributed by atoms with E-state index in [0.29, 0.717) is 19.4 Å². The van der Waals surface area contributed by atoms with E-state index < -0.39 is 0 Å². The smallest absolute Gasteiger partial charge is 0.220 e. The lowest BCUT2D eigenvalue weighted by atomic mass is 10.2. The van der Waals surface area contributed by atoms with Crippen LogP contribution in [-0.4, -0.2) is 29.0 Å². The Kier molecular flexibility index (Phi) is 4.86. The number of para-hydroxylation sites is 2. The number of carbonyl (C=O) groups excluding carboxylic acids is 1. The molecule has 3 aromatic rings. The van der Waals surface area contributed by atoms with Gasteiger partial charge in [0.05, 0.1) is 11.0 Å². The van der Waals surface area contributed by atoms with E-state index in [1.165, 1.54) is 18.5 Å². The normalized spacial score (nSPS) is 14.1. The monoisotopic (exact) mass is 348 g/mol. The Bertz CT molecular complexity index is 845. The fourth-order valence-corrected chi connectivity index (χ4v) is 3.44. The van der Waals surface area contributed by atoms with Crippen LogP contribution in [0.1, 0.15) is 30.7 Å². The molecule has 1 fully saturated rings. The Labute approximate surface area is 153 Å². The van der Waals surface area contributed by atoms with Crippen LogP contribution in [0.2, 0.25) is 0 Å². The van der Waals surface area contributed by atoms with Crippen molar-refractivity contribution in [3.05, 3.63) is 59.9 Å². The molecule has 5 heteroatoms. The number of aryl methyl sites for hydroxylation is 1. The van der Waals surface area contributed by atoms with Gasteiger partial charge < -0.3 is 15.2 Å². The van der Waals surface area contributed by atoms with Crippen LogP contribution in [0.3, 0.4) is 0 Å². The number of rotatable bonds is 6. The van der Waals surface area contributed by atoms with Crippen molar-refractivity contribution in [3.8, 4) is 0 Å². The Morgan fingerprint density at radius 1 is 1.08 bits per heavy atom. The quantitative estimate of drug-likeness (QED) is 0.718. The summed E-state index contributed by atoms with van der Waals surface area (Å²) >= 11 is 0. The Morgan fingerprint density at radius 2 is 1.85 bits per heavy atom. The number of aromatic nitrogens is 2. The molecular formula is C21H24N4O. The molecule has 0 spiro atoms. The van der Waals surface area contributed by atoms with Crippen LogP contribution in [0.25, 0.3) is 11.0 Å². The number of fused-ring (bicyclic) bond motifs is 1. The van der Waals surface area contributed by atoms with Gasteiger partial charge in [0.25, 0.3) is 0 Å². The number of anilines is 1. The lowest BCUT2D eigenvalue weighted by Gasteiger charge is -2.17. The molecule has 1 amide bonds. The second kappa shape index (κ2) is 7.60. The maximum Gasteiger partial charge on any atom is 0.220 e. The summed E-state index contributed by atoms with van der Waals surface area (Å²) in [6.45, 7) is 2.87. The number of imidazole rings is 1. The molecule has 1 aliphatic rings. The second-order valence-corrected chi connectivity index (χ2v) is 6.84. The molecule has 0 radical (unpaired) electrons. The zero-order chi connectivity index (χ0) is 17.8. The number of aromatic amines is 1. The average molecular weight is 348 g/mol. The molecule has 0 aliphatic carbocycles. The fraction of sp³-hybridized carbons (Fsp3) is 0.333. The van der Waals surface area contributed by atoms with E-state index in [2.05, 4.69) is 44.5 Å². The van der Waals surface area contributed by atoms with Gasteiger partial charge in [-0.1, -0.05) is 24.3 Å². The number of carbonyl (C=O) groups is 1. The van der Waals surface area contributed by atoms with Crippen molar-refractivity contribution < 1.29 is 4.79 Å². The highest BCUT2D eigenvalue weighted by molar-refractivity contribution is 5.77. The molecule has 26 heavy (non-hydrogen) atoms. The number of nitrogens with one attached hydrogen (secondary N) is 2. The summed E-state index contributed by atoms with van der Waals surface area (Å²) in [5, 5.41) is 3.00. The van der Waals surface area contributed by atoms with Crippen LogP contribution < -0.4 is 10.2 Å². The van der Waals surface area contributed by atoms with Crippen LogP contribution in [-0.2, 0) is 17.8 Å². The van der Waals surface area contributed by atoms with E-state index in [9.17, 15) is 4.79 Å². The largest absolute Gasteiger partial charge is 0.372 e. The Hall–Kier alpha value is -2.82.